The third-order valence-electron chi connectivity index (χ3n) is 7.27. The van der Waals surface area contributed by atoms with Gasteiger partial charge >= 0.3 is 0 Å². The number of hydrogen-bond acceptors (Lipinski definition) is 5. The number of thioether (sulfide) groups is 1. The van der Waals surface area contributed by atoms with Crippen LogP contribution in [-0.4, -0.2) is 67.8 Å². The Hall–Kier alpha value is -3.62. The van der Waals surface area contributed by atoms with Crippen LogP contribution in [0.15, 0.2) is 96.2 Å². The lowest BCUT2D eigenvalue weighted by Gasteiger charge is -2.40. The fourth-order valence-electron chi connectivity index (χ4n) is 5.07. The Morgan fingerprint density at radius 1 is 0.902 bits per heavy atom. The number of alkyl halides is 1. The first-order valence-corrected chi connectivity index (χ1v) is 15.4. The third kappa shape index (κ3) is 7.00. The molecule has 0 spiro atoms. The van der Waals surface area contributed by atoms with Gasteiger partial charge in [-0.15, -0.1) is 21.8 Å². The van der Waals surface area contributed by atoms with Crippen molar-refractivity contribution in [1.82, 2.24) is 24.6 Å². The molecule has 1 saturated heterocycles. The second-order valence-electron chi connectivity index (χ2n) is 10.1. The van der Waals surface area contributed by atoms with Crippen LogP contribution in [0.4, 0.5) is 0 Å². The molecule has 0 bridgehead atoms. The summed E-state index contributed by atoms with van der Waals surface area (Å²) < 4.78 is 2.09. The van der Waals surface area contributed by atoms with Gasteiger partial charge in [0.2, 0.25) is 11.8 Å². The van der Waals surface area contributed by atoms with Crippen molar-refractivity contribution in [3.05, 3.63) is 96.6 Å². The van der Waals surface area contributed by atoms with Gasteiger partial charge in [0.1, 0.15) is 5.38 Å². The Kier molecular flexibility index (Phi) is 9.75. The van der Waals surface area contributed by atoms with Crippen LogP contribution in [0.5, 0.6) is 0 Å². The summed E-state index contributed by atoms with van der Waals surface area (Å²) in [5.74, 6) is 1.68. The molecule has 0 aliphatic carbocycles. The minimum atomic E-state index is -0.713. The number of nitrogens with zero attached hydrogens (tertiary/aromatic N) is 5. The minimum Gasteiger partial charge on any atom is -0.339 e. The van der Waals surface area contributed by atoms with Gasteiger partial charge in [0.05, 0.1) is 0 Å². The number of carbonyl (C=O) groups is 2. The van der Waals surface area contributed by atoms with Crippen molar-refractivity contribution in [3.8, 4) is 17.1 Å². The minimum absolute atomic E-state index is 0.0797. The predicted octanol–water partition coefficient (Wildman–Crippen LogP) is 6.24. The molecular formula is C32H34ClN5O2S. The number of hydrogen-bond donors (Lipinski definition) is 0. The zero-order valence-corrected chi connectivity index (χ0v) is 24.7. The van der Waals surface area contributed by atoms with Crippen molar-refractivity contribution in [1.29, 1.82) is 0 Å². The molecule has 2 unspecified atom stereocenters. The van der Waals surface area contributed by atoms with Crippen molar-refractivity contribution in [3.63, 3.8) is 0 Å². The zero-order valence-electron chi connectivity index (χ0n) is 23.1. The molecule has 0 saturated carbocycles. The van der Waals surface area contributed by atoms with E-state index in [2.05, 4.69) is 26.9 Å². The second kappa shape index (κ2) is 13.8. The first-order chi connectivity index (χ1) is 20.0. The summed E-state index contributed by atoms with van der Waals surface area (Å²) in [4.78, 5) is 29.7. The van der Waals surface area contributed by atoms with Crippen LogP contribution in [0, 0.1) is 0 Å². The Bertz CT molecular complexity index is 1430. The number of unbranched alkanes of at least 4 members (excludes halogenated alkanes) is 1. The first kappa shape index (κ1) is 28.9. The van der Waals surface area contributed by atoms with Gasteiger partial charge in [0, 0.05) is 49.1 Å². The van der Waals surface area contributed by atoms with Crippen LogP contribution in [0.1, 0.15) is 37.1 Å². The Morgan fingerprint density at radius 3 is 2.24 bits per heavy atom. The smallest absolute Gasteiger partial charge is 0.245 e. The predicted molar refractivity (Wildman–Crippen MR) is 164 cm³/mol. The van der Waals surface area contributed by atoms with E-state index in [9.17, 15) is 9.59 Å². The summed E-state index contributed by atoms with van der Waals surface area (Å²) in [5.41, 5.74) is 2.82. The molecule has 3 aromatic carbocycles. The Labute approximate surface area is 250 Å². The highest BCUT2D eigenvalue weighted by atomic mass is 35.5. The van der Waals surface area contributed by atoms with Gasteiger partial charge in [-0.25, -0.2) is 0 Å². The van der Waals surface area contributed by atoms with Crippen LogP contribution >= 0.6 is 23.4 Å². The molecule has 1 fully saturated rings. The maximum atomic E-state index is 13.0. The van der Waals surface area contributed by atoms with E-state index in [0.29, 0.717) is 26.1 Å². The van der Waals surface area contributed by atoms with Gasteiger partial charge in [-0.1, -0.05) is 90.6 Å². The van der Waals surface area contributed by atoms with Crippen molar-refractivity contribution in [2.24, 2.45) is 0 Å². The van der Waals surface area contributed by atoms with Crippen LogP contribution in [0.3, 0.4) is 0 Å². The molecule has 2 heterocycles. The fourth-order valence-corrected chi connectivity index (χ4v) is 6.29. The molecule has 5 rings (SSSR count). The molecule has 0 radical (unpaired) electrons. The molecule has 1 aliphatic rings. The quantitative estimate of drug-likeness (QED) is 0.125. The molecule has 9 heteroatoms. The van der Waals surface area contributed by atoms with Crippen molar-refractivity contribution in [2.75, 3.05) is 25.4 Å². The van der Waals surface area contributed by atoms with E-state index in [4.69, 9.17) is 11.6 Å². The average Bonchev–Trinajstić information content (AvgIpc) is 3.45. The largest absolute Gasteiger partial charge is 0.339 e. The fraction of sp³-hybridized carbons (Fsp3) is 0.312. The Morgan fingerprint density at radius 2 is 1.56 bits per heavy atom. The van der Waals surface area contributed by atoms with Crippen LogP contribution in [0.2, 0.25) is 0 Å². The number of benzene rings is 3. The van der Waals surface area contributed by atoms with E-state index in [0.717, 1.165) is 46.4 Å². The number of rotatable bonds is 10. The van der Waals surface area contributed by atoms with E-state index in [1.54, 1.807) is 16.7 Å². The molecule has 1 aliphatic heterocycles. The molecular weight excluding hydrogens is 554 g/mol. The van der Waals surface area contributed by atoms with Gasteiger partial charge in [-0.3, -0.25) is 14.2 Å². The van der Waals surface area contributed by atoms with Crippen LogP contribution in [-0.2, 0) is 9.59 Å². The monoisotopic (exact) mass is 587 g/mol. The summed E-state index contributed by atoms with van der Waals surface area (Å²) >= 11 is 8.15. The van der Waals surface area contributed by atoms with E-state index >= 15 is 0 Å². The maximum Gasteiger partial charge on any atom is 0.245 e. The summed E-state index contributed by atoms with van der Waals surface area (Å²) in [7, 11) is 0. The highest BCUT2D eigenvalue weighted by Gasteiger charge is 2.33. The number of para-hydroxylation sites is 1. The molecule has 0 N–H and O–H groups in total. The molecule has 2 amide bonds. The normalized spacial score (nSPS) is 16.0. The van der Waals surface area contributed by atoms with Gasteiger partial charge < -0.3 is 9.80 Å². The highest BCUT2D eigenvalue weighted by Crippen LogP contribution is 2.29. The van der Waals surface area contributed by atoms with Gasteiger partial charge in [0.15, 0.2) is 11.0 Å². The van der Waals surface area contributed by atoms with Gasteiger partial charge in [-0.05, 0) is 37.5 Å². The van der Waals surface area contributed by atoms with Crippen molar-refractivity contribution >= 4 is 35.2 Å². The Balaban J connectivity index is 1.11. The van der Waals surface area contributed by atoms with Crippen LogP contribution in [0.25, 0.3) is 17.1 Å². The number of halogens is 1. The molecule has 7 nitrogen and oxygen atoms in total. The first-order valence-electron chi connectivity index (χ1n) is 14.0. The number of piperazine rings is 1. The average molecular weight is 588 g/mol. The standard InChI is InChI=1S/C32H34ClN5O2S/c1-24-23-36(20-21-37(24)31(40)29(33)25-13-5-2-6-14-25)28(39)19-11-12-22-41-32-35-34-30(26-15-7-3-8-16-26)38(32)27-17-9-4-10-18-27/h2-10,13-18,24,29H,11-12,19-23H2,1H3. The lowest BCUT2D eigenvalue weighted by Crippen LogP contribution is -2.56. The summed E-state index contributed by atoms with van der Waals surface area (Å²) in [6.07, 6.45) is 2.17. The zero-order chi connectivity index (χ0) is 28.6. The number of amides is 2. The number of aromatic nitrogens is 3. The highest BCUT2D eigenvalue weighted by molar-refractivity contribution is 7.99. The summed E-state index contributed by atoms with van der Waals surface area (Å²) in [6, 6.07) is 29.5. The number of carbonyl (C=O) groups excluding carboxylic acids is 2. The molecule has 2 atom stereocenters. The molecule has 1 aromatic heterocycles. The molecule has 41 heavy (non-hydrogen) atoms. The van der Waals surface area contributed by atoms with E-state index < -0.39 is 5.38 Å². The van der Waals surface area contributed by atoms with Gasteiger partial charge in [-0.2, -0.15) is 0 Å². The van der Waals surface area contributed by atoms with E-state index in [-0.39, 0.29) is 17.9 Å². The second-order valence-corrected chi connectivity index (χ2v) is 11.6. The summed E-state index contributed by atoms with van der Waals surface area (Å²) in [6.45, 7) is 3.54. The van der Waals surface area contributed by atoms with E-state index in [1.807, 2.05) is 90.7 Å². The third-order valence-corrected chi connectivity index (χ3v) is 8.72. The maximum absolute atomic E-state index is 13.0. The van der Waals surface area contributed by atoms with Gasteiger partial charge in [0.25, 0.3) is 0 Å². The summed E-state index contributed by atoms with van der Waals surface area (Å²) in [5, 5.41) is 9.12. The van der Waals surface area contributed by atoms with E-state index in [1.165, 1.54) is 0 Å². The lowest BCUT2D eigenvalue weighted by molar-refractivity contribution is -0.142. The SMILES string of the molecule is CC1CN(C(=O)CCCCSc2nnc(-c3ccccc3)n2-c2ccccc2)CCN1C(=O)C(Cl)c1ccccc1. The molecule has 4 aromatic rings. The van der Waals surface area contributed by atoms with Crippen molar-refractivity contribution in [2.45, 2.75) is 42.8 Å². The molecule has 212 valence electrons. The van der Waals surface area contributed by atoms with Crippen LogP contribution < -0.4 is 0 Å². The lowest BCUT2D eigenvalue weighted by atomic mass is 10.1. The van der Waals surface area contributed by atoms with Crippen molar-refractivity contribution < 1.29 is 9.59 Å². The topological polar surface area (TPSA) is 71.3 Å².